The molecule has 1 amide bonds. The van der Waals surface area contributed by atoms with E-state index in [1.165, 1.54) is 19.9 Å². The summed E-state index contributed by atoms with van der Waals surface area (Å²) in [4.78, 5) is 12.5. The predicted molar refractivity (Wildman–Crippen MR) is 147 cm³/mol. The molecule has 1 fully saturated rings. The van der Waals surface area contributed by atoms with Gasteiger partial charge in [-0.25, -0.2) is 0 Å². The number of alkyl halides is 2. The summed E-state index contributed by atoms with van der Waals surface area (Å²) in [6, 6.07) is 13.6. The Morgan fingerprint density at radius 2 is 1.61 bits per heavy atom. The van der Waals surface area contributed by atoms with E-state index in [1.807, 2.05) is 33.8 Å². The molecule has 0 saturated carbocycles. The van der Waals surface area contributed by atoms with Crippen molar-refractivity contribution < 1.29 is 36.5 Å². The first kappa shape index (κ1) is 28.9. The van der Waals surface area contributed by atoms with Gasteiger partial charge in [-0.3, -0.25) is 9.36 Å². The Labute approximate surface area is 225 Å². The Kier molecular flexibility index (Phi) is 7.94. The Balaban J connectivity index is 1.89. The van der Waals surface area contributed by atoms with Crippen molar-refractivity contribution in [1.29, 1.82) is 0 Å². The van der Waals surface area contributed by atoms with Crippen LogP contribution in [0.15, 0.2) is 48.5 Å². The standard InChI is InChI=1S/C26H31BF2NO6PS/c1-7-33-37(32,34-8-2)26(28,29)22-21(27-35-24(3,4)25(5,6)36-27)19-16-17(14-15-20(19)38-22)23(31)30-18-12-10-9-11-13-18/h9-16H,7-8H2,1-6H3,(H,30,31). The van der Waals surface area contributed by atoms with Crippen LogP contribution in [0.2, 0.25) is 0 Å². The van der Waals surface area contributed by atoms with E-state index in [2.05, 4.69) is 5.32 Å². The number of hydrogen-bond acceptors (Lipinski definition) is 7. The highest BCUT2D eigenvalue weighted by Crippen LogP contribution is 2.67. The number of hydrogen-bond donors (Lipinski definition) is 1. The van der Waals surface area contributed by atoms with Crippen LogP contribution in [0.4, 0.5) is 14.5 Å². The molecular weight excluding hydrogens is 534 g/mol. The van der Waals surface area contributed by atoms with Crippen molar-refractivity contribution in [2.24, 2.45) is 0 Å². The average molecular weight is 565 g/mol. The fraction of sp³-hybridized carbons (Fsp3) is 0.423. The van der Waals surface area contributed by atoms with Crippen molar-refractivity contribution >= 4 is 53.2 Å². The summed E-state index contributed by atoms with van der Waals surface area (Å²) in [6.45, 7) is 9.72. The second kappa shape index (κ2) is 10.4. The summed E-state index contributed by atoms with van der Waals surface area (Å²) < 4.78 is 68.6. The number of thiophene rings is 1. The molecule has 1 aliphatic heterocycles. The molecule has 38 heavy (non-hydrogen) atoms. The summed E-state index contributed by atoms with van der Waals surface area (Å²) in [5.74, 6) is -0.410. The van der Waals surface area contributed by atoms with Crippen LogP contribution < -0.4 is 10.8 Å². The molecule has 0 unspecified atom stereocenters. The van der Waals surface area contributed by atoms with E-state index >= 15 is 8.78 Å². The normalized spacial score (nSPS) is 17.2. The quantitative estimate of drug-likeness (QED) is 0.228. The van der Waals surface area contributed by atoms with Crippen LogP contribution in [0.5, 0.6) is 0 Å². The molecule has 12 heteroatoms. The highest BCUT2D eigenvalue weighted by molar-refractivity contribution is 7.55. The van der Waals surface area contributed by atoms with E-state index in [9.17, 15) is 9.36 Å². The molecule has 0 aliphatic carbocycles. The molecule has 4 rings (SSSR count). The number of fused-ring (bicyclic) bond motifs is 1. The number of halogens is 2. The minimum absolute atomic E-state index is 0.00245. The monoisotopic (exact) mass is 565 g/mol. The molecule has 0 bridgehead atoms. The Morgan fingerprint density at radius 3 is 2.16 bits per heavy atom. The van der Waals surface area contributed by atoms with Gasteiger partial charge in [0.1, 0.15) is 0 Å². The number of para-hydroxylation sites is 1. The maximum atomic E-state index is 16.2. The molecule has 7 nitrogen and oxygen atoms in total. The zero-order valence-corrected chi connectivity index (χ0v) is 23.9. The van der Waals surface area contributed by atoms with Gasteiger partial charge in [-0.05, 0) is 77.3 Å². The molecular formula is C26H31BF2NO6PS. The van der Waals surface area contributed by atoms with E-state index < -0.39 is 42.4 Å². The van der Waals surface area contributed by atoms with Gasteiger partial charge >= 0.3 is 20.4 Å². The van der Waals surface area contributed by atoms with Crippen LogP contribution in [-0.4, -0.2) is 37.4 Å². The van der Waals surface area contributed by atoms with Crippen molar-refractivity contribution in [3.05, 3.63) is 59.0 Å². The van der Waals surface area contributed by atoms with Crippen molar-refractivity contribution in [1.82, 2.24) is 0 Å². The molecule has 0 spiro atoms. The lowest BCUT2D eigenvalue weighted by atomic mass is 9.76. The van der Waals surface area contributed by atoms with Crippen molar-refractivity contribution in [3.8, 4) is 0 Å². The zero-order chi connectivity index (χ0) is 27.9. The van der Waals surface area contributed by atoms with Crippen molar-refractivity contribution in [3.63, 3.8) is 0 Å². The van der Waals surface area contributed by atoms with Gasteiger partial charge in [-0.1, -0.05) is 18.2 Å². The Hall–Kier alpha value is -2.14. The molecule has 3 aromatic rings. The third-order valence-corrected chi connectivity index (χ3v) is 10.2. The highest BCUT2D eigenvalue weighted by Gasteiger charge is 2.60. The summed E-state index contributed by atoms with van der Waals surface area (Å²) in [6.07, 6.45) is 0. The fourth-order valence-electron chi connectivity index (χ4n) is 4.06. The number of carbonyl (C=O) groups is 1. The molecule has 1 saturated heterocycles. The van der Waals surface area contributed by atoms with E-state index in [0.717, 1.165) is 11.3 Å². The van der Waals surface area contributed by atoms with Crippen LogP contribution in [0, 0.1) is 0 Å². The lowest BCUT2D eigenvalue weighted by Crippen LogP contribution is -2.41. The van der Waals surface area contributed by atoms with Crippen LogP contribution in [-0.2, 0) is 28.6 Å². The summed E-state index contributed by atoms with van der Waals surface area (Å²) in [5, 5.41) is 3.14. The molecule has 1 aliphatic rings. The summed E-state index contributed by atoms with van der Waals surface area (Å²) in [5.41, 5.74) is -4.81. The Bertz CT molecular complexity index is 1350. The third kappa shape index (κ3) is 5.08. The molecule has 204 valence electrons. The second-order valence-corrected chi connectivity index (χ2v) is 13.0. The minimum atomic E-state index is -4.92. The van der Waals surface area contributed by atoms with Gasteiger partial charge in [0.05, 0.1) is 29.3 Å². The molecule has 0 atom stereocenters. The lowest BCUT2D eigenvalue weighted by molar-refractivity contribution is 0.00578. The average Bonchev–Trinajstić information content (AvgIpc) is 3.33. The van der Waals surface area contributed by atoms with Gasteiger partial charge in [0.15, 0.2) is 0 Å². The fourth-order valence-corrected chi connectivity index (χ4v) is 7.06. The second-order valence-electron chi connectivity index (χ2n) is 9.84. The molecule has 0 radical (unpaired) electrons. The van der Waals surface area contributed by atoms with Crippen molar-refractivity contribution in [2.45, 2.75) is 58.4 Å². The van der Waals surface area contributed by atoms with E-state index in [-0.39, 0.29) is 24.2 Å². The van der Waals surface area contributed by atoms with Crippen molar-refractivity contribution in [2.75, 3.05) is 18.5 Å². The first-order valence-corrected chi connectivity index (χ1v) is 14.7. The third-order valence-electron chi connectivity index (χ3n) is 6.72. The van der Waals surface area contributed by atoms with Gasteiger partial charge in [0.25, 0.3) is 5.91 Å². The van der Waals surface area contributed by atoms with Gasteiger partial charge in [-0.2, -0.15) is 8.78 Å². The SMILES string of the molecule is CCOP(=O)(OCC)C(F)(F)c1sc2ccc(C(=O)Nc3ccccc3)cc2c1B1OC(C)(C)C(C)(C)O1. The van der Waals surface area contributed by atoms with Crippen LogP contribution in [0.1, 0.15) is 56.8 Å². The first-order valence-electron chi connectivity index (χ1n) is 12.3. The highest BCUT2D eigenvalue weighted by atomic mass is 32.1. The maximum Gasteiger partial charge on any atom is 0.496 e. The molecule has 2 heterocycles. The number of rotatable bonds is 9. The zero-order valence-electron chi connectivity index (χ0n) is 22.2. The summed E-state index contributed by atoms with van der Waals surface area (Å²) >= 11 is 0.747. The van der Waals surface area contributed by atoms with Gasteiger partial charge in [0.2, 0.25) is 0 Å². The number of anilines is 1. The topological polar surface area (TPSA) is 83.1 Å². The number of nitrogens with one attached hydrogen (secondary N) is 1. The Morgan fingerprint density at radius 1 is 1.03 bits per heavy atom. The smallest absolute Gasteiger partial charge is 0.399 e. The van der Waals surface area contributed by atoms with Gasteiger partial charge < -0.3 is 23.7 Å². The minimum Gasteiger partial charge on any atom is -0.399 e. The van der Waals surface area contributed by atoms with Crippen LogP contribution in [0.25, 0.3) is 10.1 Å². The summed E-state index contributed by atoms with van der Waals surface area (Å²) in [7, 11) is -6.13. The number of carbonyl (C=O) groups excluding carboxylic acids is 1. The molecule has 1 N–H and O–H groups in total. The lowest BCUT2D eigenvalue weighted by Gasteiger charge is -2.32. The molecule has 2 aromatic carbocycles. The number of benzene rings is 2. The maximum absolute atomic E-state index is 16.2. The van der Waals surface area contributed by atoms with Gasteiger partial charge in [-0.15, -0.1) is 11.3 Å². The van der Waals surface area contributed by atoms with Gasteiger partial charge in [0, 0.05) is 21.4 Å². The molecule has 1 aromatic heterocycles. The van der Waals surface area contributed by atoms with E-state index in [4.69, 9.17) is 18.4 Å². The predicted octanol–water partition coefficient (Wildman–Crippen LogP) is 6.77. The van der Waals surface area contributed by atoms with Crippen LogP contribution >= 0.6 is 18.9 Å². The van der Waals surface area contributed by atoms with E-state index in [0.29, 0.717) is 15.8 Å². The van der Waals surface area contributed by atoms with Crippen LogP contribution in [0.3, 0.4) is 0 Å². The number of amides is 1. The first-order chi connectivity index (χ1) is 17.8. The van der Waals surface area contributed by atoms with E-state index in [1.54, 1.807) is 36.4 Å². The largest absolute Gasteiger partial charge is 0.496 e.